The van der Waals surface area contributed by atoms with Gasteiger partial charge >= 0.3 is 6.18 Å². The summed E-state index contributed by atoms with van der Waals surface area (Å²) in [6.07, 6.45) is 0.121. The van der Waals surface area contributed by atoms with E-state index in [1.54, 1.807) is 18.3 Å². The molecule has 0 aliphatic rings. The average molecular weight is 393 g/mol. The molecule has 4 rings (SSSR count). The molecule has 4 aromatic rings. The summed E-state index contributed by atoms with van der Waals surface area (Å²) < 4.78 is 53.9. The average Bonchev–Trinajstić information content (AvgIpc) is 3.30. The molecule has 0 bridgehead atoms. The van der Waals surface area contributed by atoms with Crippen LogP contribution in [0.1, 0.15) is 10.4 Å². The second-order valence-electron chi connectivity index (χ2n) is 5.65. The molecule has 0 aliphatic carbocycles. The number of nitrogens with zero attached hydrogens (tertiary/aromatic N) is 4. The first-order valence-corrected chi connectivity index (χ1v) is 8.57. The first-order valence-electron chi connectivity index (χ1n) is 7.75. The van der Waals surface area contributed by atoms with Gasteiger partial charge in [0.2, 0.25) is 5.95 Å². The van der Waals surface area contributed by atoms with Gasteiger partial charge in [-0.2, -0.15) is 18.2 Å². The summed E-state index contributed by atoms with van der Waals surface area (Å²) in [7, 11) is 0. The van der Waals surface area contributed by atoms with E-state index in [9.17, 15) is 17.6 Å². The molecule has 3 aromatic heterocycles. The number of hydrogen-bond acceptors (Lipinski definition) is 5. The van der Waals surface area contributed by atoms with Crippen molar-refractivity contribution in [3.63, 3.8) is 0 Å². The molecule has 0 fully saturated rings. The Labute approximate surface area is 154 Å². The number of aromatic nitrogens is 4. The topological polar surface area (TPSA) is 55.6 Å². The Morgan fingerprint density at radius 1 is 1.11 bits per heavy atom. The van der Waals surface area contributed by atoms with Crippen molar-refractivity contribution in [2.75, 3.05) is 5.32 Å². The van der Waals surface area contributed by atoms with Gasteiger partial charge in [0.15, 0.2) is 0 Å². The molecule has 0 saturated carbocycles. The monoisotopic (exact) mass is 393 g/mol. The van der Waals surface area contributed by atoms with Crippen LogP contribution in [0.3, 0.4) is 0 Å². The van der Waals surface area contributed by atoms with Gasteiger partial charge in [-0.15, -0.1) is 11.3 Å². The Morgan fingerprint density at radius 2 is 1.89 bits per heavy atom. The largest absolute Gasteiger partial charge is 0.425 e. The molecule has 27 heavy (non-hydrogen) atoms. The number of fused-ring (bicyclic) bond motifs is 1. The fraction of sp³-hybridized carbons (Fsp3) is 0.118. The minimum atomic E-state index is -4.46. The molecule has 1 N–H and O–H groups in total. The molecule has 0 spiro atoms. The number of alkyl halides is 3. The van der Waals surface area contributed by atoms with Gasteiger partial charge in [0.25, 0.3) is 0 Å². The second-order valence-corrected chi connectivity index (χ2v) is 6.68. The lowest BCUT2D eigenvalue weighted by Gasteiger charge is -2.09. The van der Waals surface area contributed by atoms with E-state index in [1.165, 1.54) is 29.2 Å². The molecular weight excluding hydrogens is 382 g/mol. The van der Waals surface area contributed by atoms with Gasteiger partial charge in [0.1, 0.15) is 27.7 Å². The van der Waals surface area contributed by atoms with Crippen molar-refractivity contribution in [2.45, 2.75) is 12.7 Å². The van der Waals surface area contributed by atoms with Crippen LogP contribution in [0.25, 0.3) is 16.2 Å². The maximum atomic E-state index is 13.1. The van der Waals surface area contributed by atoms with E-state index in [2.05, 4.69) is 20.3 Å². The predicted octanol–water partition coefficient (Wildman–Crippen LogP) is 4.65. The highest BCUT2D eigenvalue weighted by Gasteiger charge is 2.33. The molecule has 0 atom stereocenters. The van der Waals surface area contributed by atoms with Gasteiger partial charge < -0.3 is 5.32 Å². The van der Waals surface area contributed by atoms with Crippen LogP contribution >= 0.6 is 11.3 Å². The van der Waals surface area contributed by atoms with Crippen LogP contribution in [0.2, 0.25) is 0 Å². The summed E-state index contributed by atoms with van der Waals surface area (Å²) in [6, 6.07) is 6.84. The summed E-state index contributed by atoms with van der Waals surface area (Å²) >= 11 is 0.554. The van der Waals surface area contributed by atoms with Crippen LogP contribution in [0, 0.1) is 5.82 Å². The number of thiophene rings is 1. The molecule has 0 saturated heterocycles. The first-order chi connectivity index (χ1) is 12.9. The fourth-order valence-electron chi connectivity index (χ4n) is 2.47. The van der Waals surface area contributed by atoms with Gasteiger partial charge in [-0.1, -0.05) is 12.1 Å². The van der Waals surface area contributed by atoms with Crippen molar-refractivity contribution in [3.05, 3.63) is 65.3 Å². The Hall–Kier alpha value is -3.01. The van der Waals surface area contributed by atoms with E-state index in [1.807, 2.05) is 0 Å². The summed E-state index contributed by atoms with van der Waals surface area (Å²) in [5, 5.41) is 3.30. The van der Waals surface area contributed by atoms with Crippen molar-refractivity contribution < 1.29 is 17.6 Å². The summed E-state index contributed by atoms with van der Waals surface area (Å²) in [5.74, 6) is 0.107. The number of rotatable bonds is 4. The SMILES string of the molecule is Fc1ccc(CNc2nc(-n3ccnc3)nc3sc(C(F)(F)F)cc23)cc1. The zero-order valence-electron chi connectivity index (χ0n) is 13.5. The molecule has 0 unspecified atom stereocenters. The zero-order chi connectivity index (χ0) is 19.0. The van der Waals surface area contributed by atoms with E-state index in [-0.39, 0.29) is 34.3 Å². The molecule has 1 aromatic carbocycles. The molecule has 10 heteroatoms. The smallest absolute Gasteiger partial charge is 0.365 e. The van der Waals surface area contributed by atoms with Crippen molar-refractivity contribution in [1.29, 1.82) is 0 Å². The summed E-state index contributed by atoms with van der Waals surface area (Å²) in [4.78, 5) is 11.9. The minimum Gasteiger partial charge on any atom is -0.365 e. The Bertz CT molecular complexity index is 1070. The molecule has 0 amide bonds. The lowest BCUT2D eigenvalue weighted by atomic mass is 10.2. The third kappa shape index (κ3) is 3.61. The van der Waals surface area contributed by atoms with Crippen LogP contribution in [0.5, 0.6) is 0 Å². The lowest BCUT2D eigenvalue weighted by molar-refractivity contribution is -0.134. The van der Waals surface area contributed by atoms with Crippen molar-refractivity contribution in [3.8, 4) is 5.95 Å². The van der Waals surface area contributed by atoms with Crippen molar-refractivity contribution >= 4 is 27.4 Å². The normalized spacial score (nSPS) is 11.9. The summed E-state index contributed by atoms with van der Waals surface area (Å²) in [6.45, 7) is 0.271. The zero-order valence-corrected chi connectivity index (χ0v) is 14.4. The van der Waals surface area contributed by atoms with Crippen LogP contribution < -0.4 is 5.32 Å². The van der Waals surface area contributed by atoms with Gasteiger partial charge in [0.05, 0.1) is 5.39 Å². The fourth-order valence-corrected chi connectivity index (χ4v) is 3.36. The van der Waals surface area contributed by atoms with Crippen molar-refractivity contribution in [2.24, 2.45) is 0 Å². The van der Waals surface area contributed by atoms with Gasteiger partial charge in [-0.25, -0.2) is 14.4 Å². The van der Waals surface area contributed by atoms with Gasteiger partial charge in [-0.3, -0.25) is 4.57 Å². The molecule has 138 valence electrons. The van der Waals surface area contributed by atoms with Crippen LogP contribution in [0.4, 0.5) is 23.4 Å². The van der Waals surface area contributed by atoms with Gasteiger partial charge in [-0.05, 0) is 23.8 Å². The third-order valence-electron chi connectivity index (χ3n) is 3.77. The summed E-state index contributed by atoms with van der Waals surface area (Å²) in [5.41, 5.74) is 0.763. The molecule has 3 heterocycles. The number of benzene rings is 1. The Morgan fingerprint density at radius 3 is 2.56 bits per heavy atom. The van der Waals surface area contributed by atoms with E-state index in [0.717, 1.165) is 11.6 Å². The maximum absolute atomic E-state index is 13.1. The number of anilines is 1. The maximum Gasteiger partial charge on any atom is 0.425 e. The van der Waals surface area contributed by atoms with Crippen LogP contribution in [-0.2, 0) is 12.7 Å². The highest BCUT2D eigenvalue weighted by atomic mass is 32.1. The van der Waals surface area contributed by atoms with Crippen LogP contribution in [-0.4, -0.2) is 19.5 Å². The van der Waals surface area contributed by atoms with Crippen molar-refractivity contribution in [1.82, 2.24) is 19.5 Å². The Balaban J connectivity index is 1.75. The highest BCUT2D eigenvalue weighted by Crippen LogP contribution is 2.39. The number of nitrogens with one attached hydrogen (secondary N) is 1. The molecule has 0 aliphatic heterocycles. The van der Waals surface area contributed by atoms with E-state index in [0.29, 0.717) is 11.3 Å². The minimum absolute atomic E-state index is 0.206. The molecule has 5 nitrogen and oxygen atoms in total. The molecule has 0 radical (unpaired) electrons. The standard InChI is InChI=1S/C17H11F4N5S/c18-11-3-1-10(2-4-11)8-23-14-12-7-13(17(19,20)21)27-15(12)25-16(24-14)26-6-5-22-9-26/h1-7,9H,8H2,(H,23,24,25). The van der Waals surface area contributed by atoms with E-state index >= 15 is 0 Å². The van der Waals surface area contributed by atoms with E-state index < -0.39 is 11.1 Å². The van der Waals surface area contributed by atoms with Gasteiger partial charge in [0, 0.05) is 18.9 Å². The third-order valence-corrected chi connectivity index (χ3v) is 4.84. The van der Waals surface area contributed by atoms with Crippen LogP contribution in [0.15, 0.2) is 49.1 Å². The Kier molecular flexibility index (Phi) is 4.27. The first kappa shape index (κ1) is 17.4. The second kappa shape index (κ2) is 6.62. The number of imidazole rings is 1. The molecular formula is C17H11F4N5S. The quantitative estimate of drug-likeness (QED) is 0.513. The number of halogens is 4. The highest BCUT2D eigenvalue weighted by molar-refractivity contribution is 7.18. The number of hydrogen-bond donors (Lipinski definition) is 1. The lowest BCUT2D eigenvalue weighted by Crippen LogP contribution is -2.06. The van der Waals surface area contributed by atoms with E-state index in [4.69, 9.17) is 0 Å². The predicted molar refractivity (Wildman–Crippen MR) is 93.3 cm³/mol.